The van der Waals surface area contributed by atoms with Crippen LogP contribution in [0.5, 0.6) is 11.5 Å². The number of nitrogens with zero attached hydrogens (tertiary/aromatic N) is 1. The van der Waals surface area contributed by atoms with Crippen molar-refractivity contribution < 1.29 is 19.5 Å². The number of piperazine rings is 1. The molecule has 1 saturated heterocycles. The molecule has 1 fully saturated rings. The molecule has 1 aliphatic heterocycles. The van der Waals surface area contributed by atoms with Crippen molar-refractivity contribution in [1.82, 2.24) is 0 Å². The summed E-state index contributed by atoms with van der Waals surface area (Å²) in [5, 5.41) is 11.3. The number of aliphatic hydroxyl groups excluding tert-OH is 1. The monoisotopic (exact) mass is 411 g/mol. The number of halogens is 2. The number of quaternary nitrogens is 1. The molecule has 1 aliphatic rings. The van der Waals surface area contributed by atoms with Gasteiger partial charge in [-0.1, -0.05) is 23.2 Å². The largest absolute Gasteiger partial charge is 0.497 e. The van der Waals surface area contributed by atoms with Crippen LogP contribution in [-0.4, -0.2) is 57.7 Å². The highest BCUT2D eigenvalue weighted by Crippen LogP contribution is 2.27. The molecule has 0 spiro atoms. The number of methoxy groups -OCH3 is 1. The maximum atomic E-state index is 10.3. The van der Waals surface area contributed by atoms with E-state index in [1.807, 2.05) is 12.1 Å². The molecule has 0 amide bonds. The Morgan fingerprint density at radius 2 is 1.81 bits per heavy atom. The Labute approximate surface area is 170 Å². The first-order valence-electron chi connectivity index (χ1n) is 9.03. The van der Waals surface area contributed by atoms with E-state index in [0.717, 1.165) is 31.9 Å². The summed E-state index contributed by atoms with van der Waals surface area (Å²) in [6.07, 6.45) is -0.542. The van der Waals surface area contributed by atoms with Gasteiger partial charge in [0.15, 0.2) is 0 Å². The van der Waals surface area contributed by atoms with Crippen molar-refractivity contribution in [3.8, 4) is 11.5 Å². The fourth-order valence-electron chi connectivity index (χ4n) is 3.25. The zero-order chi connectivity index (χ0) is 19.2. The van der Waals surface area contributed by atoms with E-state index < -0.39 is 6.10 Å². The number of benzene rings is 2. The third-order valence-corrected chi connectivity index (χ3v) is 5.29. The molecule has 27 heavy (non-hydrogen) atoms. The minimum Gasteiger partial charge on any atom is -0.497 e. The van der Waals surface area contributed by atoms with Crippen LogP contribution in [0.1, 0.15) is 0 Å². The molecule has 5 nitrogen and oxygen atoms in total. The smallest absolute Gasteiger partial charge is 0.138 e. The first-order valence-corrected chi connectivity index (χ1v) is 9.79. The standard InChI is InChI=1S/C20H24Cl2N2O3/c1-26-18-5-3-16(4-6-18)24-10-8-23(9-11-24)13-17(25)14-27-20-7-2-15(21)12-19(20)22/h2-7,12,17,25H,8-11,13-14H2,1H3/p+1/t17-/m1/s1. The second-order valence-electron chi connectivity index (χ2n) is 6.68. The van der Waals surface area contributed by atoms with Crippen LogP contribution in [0.15, 0.2) is 42.5 Å². The topological polar surface area (TPSA) is 46.4 Å². The fraction of sp³-hybridized carbons (Fsp3) is 0.400. The van der Waals surface area contributed by atoms with Crippen LogP contribution in [-0.2, 0) is 0 Å². The van der Waals surface area contributed by atoms with E-state index in [4.69, 9.17) is 32.7 Å². The Hall–Kier alpha value is -1.66. The lowest BCUT2D eigenvalue weighted by atomic mass is 10.2. The van der Waals surface area contributed by atoms with Crippen LogP contribution in [0.25, 0.3) is 0 Å². The Morgan fingerprint density at radius 3 is 2.44 bits per heavy atom. The van der Waals surface area contributed by atoms with Gasteiger partial charge in [-0.25, -0.2) is 0 Å². The average molecular weight is 412 g/mol. The number of rotatable bonds is 7. The zero-order valence-electron chi connectivity index (χ0n) is 15.3. The van der Waals surface area contributed by atoms with E-state index in [1.165, 1.54) is 10.6 Å². The molecule has 0 aromatic heterocycles. The van der Waals surface area contributed by atoms with Crippen LogP contribution < -0.4 is 19.3 Å². The first-order chi connectivity index (χ1) is 13.0. The predicted molar refractivity (Wildman–Crippen MR) is 109 cm³/mol. The quantitative estimate of drug-likeness (QED) is 0.732. The summed E-state index contributed by atoms with van der Waals surface area (Å²) < 4.78 is 10.8. The summed E-state index contributed by atoms with van der Waals surface area (Å²) in [4.78, 5) is 3.73. The molecular weight excluding hydrogens is 387 g/mol. The Bertz CT molecular complexity index is 735. The Kier molecular flexibility index (Phi) is 7.07. The molecule has 146 valence electrons. The lowest BCUT2D eigenvalue weighted by Crippen LogP contribution is -3.16. The highest BCUT2D eigenvalue weighted by molar-refractivity contribution is 6.35. The number of aliphatic hydroxyl groups is 1. The van der Waals surface area contributed by atoms with Gasteiger partial charge in [-0.05, 0) is 42.5 Å². The molecule has 1 atom stereocenters. The molecule has 2 aromatic carbocycles. The molecule has 3 rings (SSSR count). The van der Waals surface area contributed by atoms with Gasteiger partial charge in [0.25, 0.3) is 0 Å². The second kappa shape index (κ2) is 9.51. The molecule has 0 aliphatic carbocycles. The van der Waals surface area contributed by atoms with Gasteiger partial charge in [0, 0.05) is 10.7 Å². The number of hydrogen-bond donors (Lipinski definition) is 2. The summed E-state index contributed by atoms with van der Waals surface area (Å²) in [6, 6.07) is 13.2. The second-order valence-corrected chi connectivity index (χ2v) is 7.52. The highest BCUT2D eigenvalue weighted by Gasteiger charge is 2.23. The van der Waals surface area contributed by atoms with Crippen LogP contribution in [0.4, 0.5) is 5.69 Å². The zero-order valence-corrected chi connectivity index (χ0v) is 16.8. The van der Waals surface area contributed by atoms with Gasteiger partial charge in [-0.2, -0.15) is 0 Å². The number of nitrogens with one attached hydrogen (secondary N) is 1. The predicted octanol–water partition coefficient (Wildman–Crippen LogP) is 2.15. The van der Waals surface area contributed by atoms with Gasteiger partial charge < -0.3 is 24.4 Å². The maximum Gasteiger partial charge on any atom is 0.138 e. The van der Waals surface area contributed by atoms with Gasteiger partial charge in [0.1, 0.15) is 30.8 Å². The van der Waals surface area contributed by atoms with Crippen molar-refractivity contribution in [1.29, 1.82) is 0 Å². The van der Waals surface area contributed by atoms with Crippen LogP contribution >= 0.6 is 23.2 Å². The molecule has 1 heterocycles. The number of anilines is 1. The minimum atomic E-state index is -0.542. The molecule has 0 radical (unpaired) electrons. The summed E-state index contributed by atoms with van der Waals surface area (Å²) in [7, 11) is 1.67. The van der Waals surface area contributed by atoms with Gasteiger partial charge in [-0.3, -0.25) is 0 Å². The van der Waals surface area contributed by atoms with E-state index in [1.54, 1.807) is 25.3 Å². The normalized spacial score (nSPS) is 16.2. The number of ether oxygens (including phenoxy) is 2. The van der Waals surface area contributed by atoms with Crippen LogP contribution in [0, 0.1) is 0 Å². The Morgan fingerprint density at radius 1 is 1.11 bits per heavy atom. The molecule has 0 bridgehead atoms. The molecule has 0 unspecified atom stereocenters. The van der Waals surface area contributed by atoms with Crippen molar-refractivity contribution in [2.24, 2.45) is 0 Å². The van der Waals surface area contributed by atoms with Gasteiger partial charge in [0.05, 0.1) is 38.3 Å². The van der Waals surface area contributed by atoms with Crippen molar-refractivity contribution >= 4 is 28.9 Å². The fourth-order valence-corrected chi connectivity index (χ4v) is 3.71. The molecule has 2 N–H and O–H groups in total. The highest BCUT2D eigenvalue weighted by atomic mass is 35.5. The average Bonchev–Trinajstić information content (AvgIpc) is 2.68. The van der Waals surface area contributed by atoms with Crippen molar-refractivity contribution in [3.63, 3.8) is 0 Å². The Balaban J connectivity index is 1.42. The SMILES string of the molecule is COc1ccc(N2CC[NH+](C[C@@H](O)COc3ccc(Cl)cc3Cl)CC2)cc1. The van der Waals surface area contributed by atoms with Crippen molar-refractivity contribution in [2.75, 3.05) is 51.3 Å². The number of hydrogen-bond acceptors (Lipinski definition) is 4. The maximum absolute atomic E-state index is 10.3. The van der Waals surface area contributed by atoms with Gasteiger partial charge >= 0.3 is 0 Å². The van der Waals surface area contributed by atoms with Crippen LogP contribution in [0.2, 0.25) is 10.0 Å². The van der Waals surface area contributed by atoms with E-state index in [-0.39, 0.29) is 6.61 Å². The summed E-state index contributed by atoms with van der Waals surface area (Å²) in [6.45, 7) is 4.74. The summed E-state index contributed by atoms with van der Waals surface area (Å²) in [5.74, 6) is 1.41. The lowest BCUT2D eigenvalue weighted by molar-refractivity contribution is -0.903. The van der Waals surface area contributed by atoms with E-state index in [9.17, 15) is 5.11 Å². The van der Waals surface area contributed by atoms with Crippen LogP contribution in [0.3, 0.4) is 0 Å². The molecular formula is C20H25Cl2N2O3+. The minimum absolute atomic E-state index is 0.215. The summed E-state index contributed by atoms with van der Waals surface area (Å²) in [5.41, 5.74) is 1.20. The van der Waals surface area contributed by atoms with E-state index in [2.05, 4.69) is 17.0 Å². The van der Waals surface area contributed by atoms with Gasteiger partial charge in [0.2, 0.25) is 0 Å². The van der Waals surface area contributed by atoms with E-state index in [0.29, 0.717) is 22.3 Å². The summed E-state index contributed by atoms with van der Waals surface area (Å²) >= 11 is 12.0. The van der Waals surface area contributed by atoms with Gasteiger partial charge in [-0.15, -0.1) is 0 Å². The molecule has 0 saturated carbocycles. The van der Waals surface area contributed by atoms with E-state index >= 15 is 0 Å². The lowest BCUT2D eigenvalue weighted by Gasteiger charge is -2.34. The third kappa shape index (κ3) is 5.66. The third-order valence-electron chi connectivity index (χ3n) is 4.76. The van der Waals surface area contributed by atoms with Crippen molar-refractivity contribution in [2.45, 2.75) is 6.10 Å². The molecule has 2 aromatic rings. The molecule has 7 heteroatoms. The first kappa shape index (κ1) is 20.1. The van der Waals surface area contributed by atoms with Crippen molar-refractivity contribution in [3.05, 3.63) is 52.5 Å².